The van der Waals surface area contributed by atoms with Gasteiger partial charge in [0, 0.05) is 22.7 Å². The van der Waals surface area contributed by atoms with Gasteiger partial charge in [-0.1, -0.05) is 6.07 Å². The molecular weight excluding hydrogens is 257 g/mol. The van der Waals surface area contributed by atoms with E-state index < -0.39 is 0 Å². The zero-order valence-electron chi connectivity index (χ0n) is 11.0. The van der Waals surface area contributed by atoms with Crippen LogP contribution in [-0.4, -0.2) is 16.9 Å². The summed E-state index contributed by atoms with van der Waals surface area (Å²) in [5, 5.41) is 5.26. The lowest BCUT2D eigenvalue weighted by Gasteiger charge is -2.07. The van der Waals surface area contributed by atoms with E-state index in [-0.39, 0.29) is 5.82 Å². The topological polar surface area (TPSA) is 53.1 Å². The fourth-order valence-corrected chi connectivity index (χ4v) is 2.16. The molecule has 0 aliphatic heterocycles. The number of nitrogens with two attached hydrogens (primary N) is 1. The van der Waals surface area contributed by atoms with Crippen molar-refractivity contribution in [2.75, 3.05) is 12.8 Å². The third-order valence-corrected chi connectivity index (χ3v) is 3.25. The molecule has 2 N–H and O–H groups in total. The lowest BCUT2D eigenvalue weighted by atomic mass is 10.2. The van der Waals surface area contributed by atoms with E-state index in [4.69, 9.17) is 10.5 Å². The van der Waals surface area contributed by atoms with Gasteiger partial charge in [0.25, 0.3) is 0 Å². The molecule has 4 nitrogen and oxygen atoms in total. The lowest BCUT2D eigenvalue weighted by molar-refractivity contribution is 0.410. The van der Waals surface area contributed by atoms with Gasteiger partial charge >= 0.3 is 0 Å². The first kappa shape index (κ1) is 12.5. The van der Waals surface area contributed by atoms with Crippen molar-refractivity contribution < 1.29 is 9.13 Å². The van der Waals surface area contributed by atoms with Crippen molar-refractivity contribution >= 4 is 16.6 Å². The van der Waals surface area contributed by atoms with Crippen molar-refractivity contribution in [2.24, 2.45) is 0 Å². The number of rotatable bonds is 3. The number of nitrogens with zero attached hydrogens (tertiary/aromatic N) is 2. The molecule has 0 saturated heterocycles. The number of halogens is 1. The van der Waals surface area contributed by atoms with E-state index >= 15 is 0 Å². The largest absolute Gasteiger partial charge is 0.497 e. The van der Waals surface area contributed by atoms with Crippen molar-refractivity contribution in [3.8, 4) is 5.75 Å². The minimum Gasteiger partial charge on any atom is -0.497 e. The molecule has 102 valence electrons. The molecule has 0 saturated carbocycles. The predicted molar refractivity (Wildman–Crippen MR) is 76.2 cm³/mol. The molecule has 2 aromatic carbocycles. The second kappa shape index (κ2) is 4.85. The molecule has 0 fully saturated rings. The molecule has 3 aromatic rings. The summed E-state index contributed by atoms with van der Waals surface area (Å²) in [5.74, 6) is 0.192. The van der Waals surface area contributed by atoms with Crippen LogP contribution in [0.1, 0.15) is 5.56 Å². The number of aromatic nitrogens is 2. The van der Waals surface area contributed by atoms with E-state index in [9.17, 15) is 4.39 Å². The second-order valence-electron chi connectivity index (χ2n) is 4.58. The molecule has 1 aromatic heterocycles. The molecule has 0 bridgehead atoms. The first-order valence-electron chi connectivity index (χ1n) is 6.21. The first-order chi connectivity index (χ1) is 9.67. The fraction of sp³-hybridized carbons (Fsp3) is 0.133. The molecule has 0 atom stereocenters. The van der Waals surface area contributed by atoms with Crippen LogP contribution >= 0.6 is 0 Å². The minimum absolute atomic E-state index is 0.308. The van der Waals surface area contributed by atoms with Crippen LogP contribution < -0.4 is 10.5 Å². The Morgan fingerprint density at radius 3 is 2.85 bits per heavy atom. The van der Waals surface area contributed by atoms with Crippen molar-refractivity contribution in [3.63, 3.8) is 0 Å². The first-order valence-corrected chi connectivity index (χ1v) is 6.21. The number of hydrogen-bond acceptors (Lipinski definition) is 3. The van der Waals surface area contributed by atoms with Gasteiger partial charge in [-0.15, -0.1) is 0 Å². The molecule has 0 unspecified atom stereocenters. The van der Waals surface area contributed by atoms with Gasteiger partial charge in [0.2, 0.25) is 0 Å². The van der Waals surface area contributed by atoms with Crippen LogP contribution in [0.25, 0.3) is 10.9 Å². The Balaban J connectivity index is 1.99. The highest BCUT2D eigenvalue weighted by Gasteiger charge is 2.08. The number of hydrogen-bond donors (Lipinski definition) is 1. The zero-order valence-corrected chi connectivity index (χ0v) is 11.0. The van der Waals surface area contributed by atoms with Gasteiger partial charge < -0.3 is 10.5 Å². The molecule has 1 heterocycles. The number of benzene rings is 2. The average molecular weight is 271 g/mol. The molecular formula is C15H14FN3O. The Kier molecular flexibility index (Phi) is 3.02. The Hall–Kier alpha value is -2.56. The van der Waals surface area contributed by atoms with Crippen LogP contribution in [0.3, 0.4) is 0 Å². The van der Waals surface area contributed by atoms with Crippen LogP contribution in [0.15, 0.2) is 42.6 Å². The van der Waals surface area contributed by atoms with Gasteiger partial charge in [-0.3, -0.25) is 4.68 Å². The Labute approximate surface area is 115 Å². The summed E-state index contributed by atoms with van der Waals surface area (Å²) in [7, 11) is 1.51. The van der Waals surface area contributed by atoms with E-state index in [1.807, 2.05) is 18.2 Å². The summed E-state index contributed by atoms with van der Waals surface area (Å²) < 4.78 is 20.7. The summed E-state index contributed by atoms with van der Waals surface area (Å²) in [6.07, 6.45) is 1.75. The monoisotopic (exact) mass is 271 g/mol. The maximum absolute atomic E-state index is 14.0. The second-order valence-corrected chi connectivity index (χ2v) is 4.58. The number of methoxy groups -OCH3 is 1. The summed E-state index contributed by atoms with van der Waals surface area (Å²) in [6, 6.07) is 10.4. The van der Waals surface area contributed by atoms with Gasteiger partial charge in [-0.25, -0.2) is 4.39 Å². The smallest absolute Gasteiger partial charge is 0.131 e. The zero-order chi connectivity index (χ0) is 14.1. The standard InChI is InChI=1S/C15H14FN3O/c1-20-13-5-3-11(14(16)7-13)9-19-15-6-12(17)4-2-10(15)8-18-19/h2-8H,9,17H2,1H3. The summed E-state index contributed by atoms with van der Waals surface area (Å²) in [4.78, 5) is 0. The van der Waals surface area contributed by atoms with E-state index in [0.717, 1.165) is 10.9 Å². The van der Waals surface area contributed by atoms with Crippen molar-refractivity contribution in [1.82, 2.24) is 9.78 Å². The van der Waals surface area contributed by atoms with Crippen molar-refractivity contribution in [1.29, 1.82) is 0 Å². The quantitative estimate of drug-likeness (QED) is 0.745. The Morgan fingerprint density at radius 2 is 2.10 bits per heavy atom. The van der Waals surface area contributed by atoms with Gasteiger partial charge in [0.05, 0.1) is 25.4 Å². The molecule has 0 aliphatic rings. The molecule has 0 radical (unpaired) electrons. The van der Waals surface area contributed by atoms with E-state index in [1.54, 1.807) is 23.0 Å². The third kappa shape index (κ3) is 2.18. The highest BCUT2D eigenvalue weighted by molar-refractivity contribution is 5.81. The fourth-order valence-electron chi connectivity index (χ4n) is 2.16. The van der Waals surface area contributed by atoms with Crippen molar-refractivity contribution in [3.05, 3.63) is 54.0 Å². The lowest BCUT2D eigenvalue weighted by Crippen LogP contribution is -2.04. The van der Waals surface area contributed by atoms with Crippen LogP contribution in [0, 0.1) is 5.82 Å². The molecule has 5 heteroatoms. The molecule has 0 spiro atoms. The summed E-state index contributed by atoms with van der Waals surface area (Å²) in [6.45, 7) is 0.350. The number of anilines is 1. The number of nitrogen functional groups attached to an aromatic ring is 1. The average Bonchev–Trinajstić information content (AvgIpc) is 2.83. The third-order valence-electron chi connectivity index (χ3n) is 3.25. The van der Waals surface area contributed by atoms with Gasteiger partial charge in [-0.2, -0.15) is 5.10 Å². The Morgan fingerprint density at radius 1 is 1.25 bits per heavy atom. The maximum Gasteiger partial charge on any atom is 0.131 e. The van der Waals surface area contributed by atoms with Crippen molar-refractivity contribution in [2.45, 2.75) is 6.54 Å². The number of fused-ring (bicyclic) bond motifs is 1. The minimum atomic E-state index is -0.308. The molecule has 3 rings (SSSR count). The molecule has 20 heavy (non-hydrogen) atoms. The van der Waals surface area contributed by atoms with E-state index in [2.05, 4.69) is 5.10 Å². The van der Waals surface area contributed by atoms with Crippen LogP contribution in [0.5, 0.6) is 5.75 Å². The normalized spacial score (nSPS) is 10.9. The maximum atomic E-state index is 14.0. The highest BCUT2D eigenvalue weighted by atomic mass is 19.1. The van der Waals surface area contributed by atoms with Gasteiger partial charge in [-0.05, 0) is 24.3 Å². The van der Waals surface area contributed by atoms with Crippen LogP contribution in [0.2, 0.25) is 0 Å². The molecule has 0 amide bonds. The Bertz CT molecular complexity index is 767. The molecule has 0 aliphatic carbocycles. The van der Waals surface area contributed by atoms with E-state index in [0.29, 0.717) is 23.5 Å². The predicted octanol–water partition coefficient (Wildman–Crippen LogP) is 2.81. The van der Waals surface area contributed by atoms with Crippen LogP contribution in [-0.2, 0) is 6.54 Å². The van der Waals surface area contributed by atoms with Gasteiger partial charge in [0.1, 0.15) is 11.6 Å². The van der Waals surface area contributed by atoms with E-state index in [1.165, 1.54) is 13.2 Å². The number of ether oxygens (including phenoxy) is 1. The van der Waals surface area contributed by atoms with Gasteiger partial charge in [0.15, 0.2) is 0 Å². The van der Waals surface area contributed by atoms with Crippen LogP contribution in [0.4, 0.5) is 10.1 Å². The summed E-state index contributed by atoms with van der Waals surface area (Å²) in [5.41, 5.74) is 7.89. The SMILES string of the molecule is COc1ccc(Cn2ncc3ccc(N)cc32)c(F)c1. The highest BCUT2D eigenvalue weighted by Crippen LogP contribution is 2.21. The summed E-state index contributed by atoms with van der Waals surface area (Å²) >= 11 is 0.